The number of amides is 3. The largest absolute Gasteiger partial charge is 0.481 e. The van der Waals surface area contributed by atoms with Crippen LogP contribution < -0.4 is 10.6 Å². The highest BCUT2D eigenvalue weighted by Crippen LogP contribution is 2.07. The average molecular weight is 172 g/mol. The molecular formula is C6H8N2O4. The van der Waals surface area contributed by atoms with Crippen molar-refractivity contribution in [1.82, 2.24) is 10.6 Å². The van der Waals surface area contributed by atoms with E-state index in [4.69, 9.17) is 5.11 Å². The van der Waals surface area contributed by atoms with Gasteiger partial charge in [-0.25, -0.2) is 4.79 Å². The Labute approximate surface area is 67.9 Å². The molecule has 6 nitrogen and oxygen atoms in total. The third-order valence-corrected chi connectivity index (χ3v) is 1.64. The Hall–Kier alpha value is -1.59. The topological polar surface area (TPSA) is 95.5 Å². The standard InChI is InChI=1S/C6H8N2O4/c1-2-3(5(10)11)4(9)8-6(12)7-2/h2-3H,1H3,(H,10,11)(H2,7,8,9,12). The Morgan fingerprint density at radius 2 is 2.08 bits per heavy atom. The maximum Gasteiger partial charge on any atom is 0.321 e. The molecule has 1 aliphatic rings. The van der Waals surface area contributed by atoms with Crippen LogP contribution in [0.2, 0.25) is 0 Å². The molecule has 0 aromatic rings. The van der Waals surface area contributed by atoms with E-state index in [-0.39, 0.29) is 0 Å². The summed E-state index contributed by atoms with van der Waals surface area (Å²) < 4.78 is 0. The SMILES string of the molecule is CC1NC(=O)NC(=O)C1C(=O)O. The first-order valence-electron chi connectivity index (χ1n) is 3.36. The van der Waals surface area contributed by atoms with E-state index in [1.165, 1.54) is 6.92 Å². The molecule has 3 N–H and O–H groups in total. The lowest BCUT2D eigenvalue weighted by molar-refractivity contribution is -0.148. The number of aliphatic carboxylic acids is 1. The normalized spacial score (nSPS) is 29.1. The van der Waals surface area contributed by atoms with Gasteiger partial charge in [0.15, 0.2) is 5.92 Å². The summed E-state index contributed by atoms with van der Waals surface area (Å²) in [6.45, 7) is 1.47. The van der Waals surface area contributed by atoms with Crippen LogP contribution in [0, 0.1) is 5.92 Å². The van der Waals surface area contributed by atoms with Gasteiger partial charge in [0.1, 0.15) is 0 Å². The molecule has 12 heavy (non-hydrogen) atoms. The highest BCUT2D eigenvalue weighted by atomic mass is 16.4. The Morgan fingerprint density at radius 3 is 2.50 bits per heavy atom. The van der Waals surface area contributed by atoms with Crippen molar-refractivity contribution in [2.75, 3.05) is 0 Å². The fraction of sp³-hybridized carbons (Fsp3) is 0.500. The van der Waals surface area contributed by atoms with Gasteiger partial charge >= 0.3 is 12.0 Å². The summed E-state index contributed by atoms with van der Waals surface area (Å²) in [7, 11) is 0. The molecule has 0 spiro atoms. The number of urea groups is 1. The number of rotatable bonds is 1. The van der Waals surface area contributed by atoms with E-state index < -0.39 is 29.9 Å². The maximum absolute atomic E-state index is 10.9. The van der Waals surface area contributed by atoms with Crippen LogP contribution in [-0.4, -0.2) is 29.1 Å². The monoisotopic (exact) mass is 172 g/mol. The van der Waals surface area contributed by atoms with E-state index in [2.05, 4.69) is 5.32 Å². The summed E-state index contributed by atoms with van der Waals surface area (Å²) in [6, 6.07) is -1.31. The molecule has 3 amide bonds. The van der Waals surface area contributed by atoms with Gasteiger partial charge in [-0.15, -0.1) is 0 Å². The van der Waals surface area contributed by atoms with E-state index in [9.17, 15) is 14.4 Å². The van der Waals surface area contributed by atoms with Gasteiger partial charge in [-0.05, 0) is 6.92 Å². The number of carbonyl (C=O) groups is 3. The van der Waals surface area contributed by atoms with Crippen LogP contribution in [0.5, 0.6) is 0 Å². The highest BCUT2D eigenvalue weighted by Gasteiger charge is 2.37. The Morgan fingerprint density at radius 1 is 1.50 bits per heavy atom. The summed E-state index contributed by atoms with van der Waals surface area (Å²) in [4.78, 5) is 32.0. The Bertz CT molecular complexity index is 250. The van der Waals surface area contributed by atoms with E-state index in [1.54, 1.807) is 0 Å². The molecule has 0 aromatic carbocycles. The molecule has 0 aliphatic carbocycles. The van der Waals surface area contributed by atoms with Crippen molar-refractivity contribution in [2.24, 2.45) is 5.92 Å². The first-order chi connectivity index (χ1) is 5.52. The van der Waals surface area contributed by atoms with Crippen LogP contribution in [0.4, 0.5) is 4.79 Å². The van der Waals surface area contributed by atoms with Gasteiger partial charge < -0.3 is 10.4 Å². The highest BCUT2D eigenvalue weighted by molar-refractivity contribution is 6.07. The van der Waals surface area contributed by atoms with Gasteiger partial charge in [0.2, 0.25) is 5.91 Å². The summed E-state index contributed by atoms with van der Waals surface area (Å²) in [5.41, 5.74) is 0. The lowest BCUT2D eigenvalue weighted by Crippen LogP contribution is -2.59. The van der Waals surface area contributed by atoms with Crippen LogP contribution in [0.1, 0.15) is 6.92 Å². The minimum absolute atomic E-state index is 0.648. The number of hydrogen-bond acceptors (Lipinski definition) is 3. The Kier molecular flexibility index (Phi) is 1.99. The molecule has 0 saturated carbocycles. The number of imide groups is 1. The lowest BCUT2D eigenvalue weighted by Gasteiger charge is -2.25. The smallest absolute Gasteiger partial charge is 0.321 e. The predicted molar refractivity (Wildman–Crippen MR) is 37.3 cm³/mol. The van der Waals surface area contributed by atoms with Gasteiger partial charge in [0.25, 0.3) is 0 Å². The van der Waals surface area contributed by atoms with Crippen LogP contribution in [-0.2, 0) is 9.59 Å². The second-order valence-corrected chi connectivity index (χ2v) is 2.57. The maximum atomic E-state index is 10.9. The fourth-order valence-corrected chi connectivity index (χ4v) is 1.07. The molecule has 1 aliphatic heterocycles. The van der Waals surface area contributed by atoms with Crippen molar-refractivity contribution >= 4 is 17.9 Å². The molecule has 0 radical (unpaired) electrons. The van der Waals surface area contributed by atoms with Crippen molar-refractivity contribution in [3.8, 4) is 0 Å². The zero-order valence-electron chi connectivity index (χ0n) is 6.33. The summed E-state index contributed by atoms with van der Waals surface area (Å²) in [6.07, 6.45) is 0. The van der Waals surface area contributed by atoms with Crippen LogP contribution in [0.3, 0.4) is 0 Å². The zero-order valence-corrected chi connectivity index (χ0v) is 6.33. The van der Waals surface area contributed by atoms with Crippen molar-refractivity contribution < 1.29 is 19.5 Å². The molecule has 2 atom stereocenters. The molecule has 66 valence electrons. The van der Waals surface area contributed by atoms with Crippen molar-refractivity contribution in [3.63, 3.8) is 0 Å². The minimum atomic E-state index is -1.24. The molecule has 1 saturated heterocycles. The predicted octanol–water partition coefficient (Wildman–Crippen LogP) is -1.08. The first kappa shape index (κ1) is 8.51. The van der Waals surface area contributed by atoms with E-state index in [0.717, 1.165) is 0 Å². The second-order valence-electron chi connectivity index (χ2n) is 2.57. The number of carboxylic acids is 1. The third kappa shape index (κ3) is 1.36. The van der Waals surface area contributed by atoms with E-state index in [0.29, 0.717) is 0 Å². The molecule has 6 heteroatoms. The van der Waals surface area contributed by atoms with Crippen LogP contribution in [0.25, 0.3) is 0 Å². The van der Waals surface area contributed by atoms with E-state index in [1.807, 2.05) is 5.32 Å². The van der Waals surface area contributed by atoms with E-state index >= 15 is 0 Å². The van der Waals surface area contributed by atoms with Gasteiger partial charge in [-0.3, -0.25) is 14.9 Å². The first-order valence-corrected chi connectivity index (χ1v) is 3.36. The average Bonchev–Trinajstić information content (AvgIpc) is 1.82. The summed E-state index contributed by atoms with van der Waals surface area (Å²) in [5.74, 6) is -3.19. The third-order valence-electron chi connectivity index (χ3n) is 1.64. The molecule has 0 bridgehead atoms. The summed E-state index contributed by atoms with van der Waals surface area (Å²) >= 11 is 0. The molecule has 2 unspecified atom stereocenters. The van der Waals surface area contributed by atoms with Gasteiger partial charge in [0, 0.05) is 0 Å². The van der Waals surface area contributed by atoms with Gasteiger partial charge in [-0.1, -0.05) is 0 Å². The van der Waals surface area contributed by atoms with Gasteiger partial charge in [0.05, 0.1) is 6.04 Å². The minimum Gasteiger partial charge on any atom is -0.481 e. The van der Waals surface area contributed by atoms with Crippen molar-refractivity contribution in [1.29, 1.82) is 0 Å². The quantitative estimate of drug-likeness (QED) is 0.438. The summed E-state index contributed by atoms with van der Waals surface area (Å²) in [5, 5.41) is 12.7. The zero-order chi connectivity index (χ0) is 9.30. The lowest BCUT2D eigenvalue weighted by atomic mass is 9.99. The number of carboxylic acid groups (broad SMARTS) is 1. The molecule has 1 heterocycles. The van der Waals surface area contributed by atoms with Crippen molar-refractivity contribution in [3.05, 3.63) is 0 Å². The van der Waals surface area contributed by atoms with Crippen molar-refractivity contribution in [2.45, 2.75) is 13.0 Å². The molecular weight excluding hydrogens is 164 g/mol. The van der Waals surface area contributed by atoms with Crippen LogP contribution >= 0.6 is 0 Å². The fourth-order valence-electron chi connectivity index (χ4n) is 1.07. The Balaban J connectivity index is 2.80. The molecule has 1 fully saturated rings. The number of hydrogen-bond donors (Lipinski definition) is 3. The number of carbonyl (C=O) groups excluding carboxylic acids is 2. The molecule has 0 aromatic heterocycles. The number of nitrogens with one attached hydrogen (secondary N) is 2. The van der Waals surface area contributed by atoms with Crippen LogP contribution in [0.15, 0.2) is 0 Å². The van der Waals surface area contributed by atoms with Gasteiger partial charge in [-0.2, -0.15) is 0 Å². The molecule has 1 rings (SSSR count). The second kappa shape index (κ2) is 2.80.